The number of thiazole rings is 1. The topological polar surface area (TPSA) is 47.0 Å². The number of nitrogens with zero attached hydrogens (tertiary/aromatic N) is 2. The first-order valence-corrected chi connectivity index (χ1v) is 7.13. The van der Waals surface area contributed by atoms with Crippen LogP contribution in [-0.2, 0) is 17.9 Å². The van der Waals surface area contributed by atoms with Gasteiger partial charge in [0.2, 0.25) is 0 Å². The Kier molecular flexibility index (Phi) is 5.01. The van der Waals surface area contributed by atoms with Gasteiger partial charge in [0, 0.05) is 42.5 Å². The van der Waals surface area contributed by atoms with Crippen LogP contribution in [0, 0.1) is 0 Å². The molecule has 4 nitrogen and oxygen atoms in total. The Labute approximate surface area is 117 Å². The van der Waals surface area contributed by atoms with Crippen molar-refractivity contribution in [3.63, 3.8) is 0 Å². The van der Waals surface area contributed by atoms with E-state index in [1.54, 1.807) is 30.8 Å². The lowest BCUT2D eigenvalue weighted by atomic mass is 10.3. The van der Waals surface area contributed by atoms with Crippen LogP contribution >= 0.6 is 11.3 Å². The van der Waals surface area contributed by atoms with Gasteiger partial charge in [-0.2, -0.15) is 0 Å². The molecule has 0 radical (unpaired) electrons. The zero-order chi connectivity index (χ0) is 13.7. The lowest BCUT2D eigenvalue weighted by Crippen LogP contribution is -2.21. The van der Waals surface area contributed by atoms with E-state index >= 15 is 0 Å². The first-order chi connectivity index (χ1) is 9.20. The molecule has 0 fully saturated rings. The Hall–Kier alpha value is -1.30. The molecule has 0 unspecified atom stereocenters. The number of aromatic nitrogens is 2. The molecular weight excluding hydrogens is 258 g/mol. The van der Waals surface area contributed by atoms with Gasteiger partial charge in [-0.05, 0) is 12.1 Å². The highest BCUT2D eigenvalue weighted by Crippen LogP contribution is 2.28. The van der Waals surface area contributed by atoms with Gasteiger partial charge in [0.15, 0.2) is 0 Å². The van der Waals surface area contributed by atoms with Crippen molar-refractivity contribution in [3.8, 4) is 10.6 Å². The van der Waals surface area contributed by atoms with E-state index in [9.17, 15) is 0 Å². The minimum Gasteiger partial charge on any atom is -0.378 e. The third-order valence-electron chi connectivity index (χ3n) is 2.66. The summed E-state index contributed by atoms with van der Waals surface area (Å²) in [7, 11) is 1.70. The summed E-state index contributed by atoms with van der Waals surface area (Å²) in [5.41, 5.74) is 2.13. The molecule has 0 saturated heterocycles. The number of nitrogens with one attached hydrogen (secondary N) is 1. The molecule has 2 aromatic rings. The van der Waals surface area contributed by atoms with Gasteiger partial charge in [-0.3, -0.25) is 4.98 Å². The van der Waals surface area contributed by atoms with E-state index in [-0.39, 0.29) is 0 Å². The molecule has 0 bridgehead atoms. The van der Waals surface area contributed by atoms with Gasteiger partial charge < -0.3 is 10.1 Å². The molecule has 2 rings (SSSR count). The van der Waals surface area contributed by atoms with Crippen LogP contribution in [0.5, 0.6) is 0 Å². The smallest absolute Gasteiger partial charge is 0.124 e. The van der Waals surface area contributed by atoms with Crippen LogP contribution < -0.4 is 5.32 Å². The molecule has 0 aliphatic rings. The maximum Gasteiger partial charge on any atom is 0.124 e. The molecule has 19 heavy (non-hydrogen) atoms. The van der Waals surface area contributed by atoms with E-state index in [1.165, 1.54) is 4.88 Å². The van der Waals surface area contributed by atoms with Crippen molar-refractivity contribution in [2.45, 2.75) is 33.0 Å². The van der Waals surface area contributed by atoms with Gasteiger partial charge in [0.25, 0.3) is 0 Å². The van der Waals surface area contributed by atoms with Crippen molar-refractivity contribution in [1.82, 2.24) is 15.3 Å². The summed E-state index contributed by atoms with van der Waals surface area (Å²) < 4.78 is 5.23. The van der Waals surface area contributed by atoms with Crippen LogP contribution in [-0.4, -0.2) is 23.1 Å². The summed E-state index contributed by atoms with van der Waals surface area (Å²) >= 11 is 1.71. The van der Waals surface area contributed by atoms with Gasteiger partial charge in [-0.25, -0.2) is 4.98 Å². The molecule has 0 aliphatic heterocycles. The lowest BCUT2D eigenvalue weighted by Gasteiger charge is -2.07. The van der Waals surface area contributed by atoms with E-state index in [2.05, 4.69) is 29.1 Å². The predicted octanol–water partition coefficient (Wildman–Crippen LogP) is 2.85. The second kappa shape index (κ2) is 6.75. The van der Waals surface area contributed by atoms with Crippen molar-refractivity contribution < 1.29 is 4.74 Å². The average molecular weight is 277 g/mol. The molecule has 0 saturated carbocycles. The highest BCUT2D eigenvalue weighted by Gasteiger charge is 2.12. The van der Waals surface area contributed by atoms with Gasteiger partial charge >= 0.3 is 0 Å². The second-order valence-corrected chi connectivity index (χ2v) is 5.68. The van der Waals surface area contributed by atoms with Crippen LogP contribution in [0.2, 0.25) is 0 Å². The number of hydrogen-bond acceptors (Lipinski definition) is 5. The van der Waals surface area contributed by atoms with Crippen molar-refractivity contribution in [3.05, 3.63) is 35.1 Å². The maximum absolute atomic E-state index is 5.23. The van der Waals surface area contributed by atoms with Crippen LogP contribution in [0.15, 0.2) is 24.5 Å². The molecule has 102 valence electrons. The number of ether oxygens (including phenoxy) is 1. The van der Waals surface area contributed by atoms with Crippen LogP contribution in [0.1, 0.15) is 24.4 Å². The molecule has 0 spiro atoms. The standard InChI is InChI=1S/C14H19N3OS/c1-10(2)16-8-13-12(9-18-3)17-14(19-13)11-4-6-15-7-5-11/h4-7,10,16H,8-9H2,1-3H3. The monoisotopic (exact) mass is 277 g/mol. The molecule has 0 aliphatic carbocycles. The fourth-order valence-electron chi connectivity index (χ4n) is 1.69. The average Bonchev–Trinajstić information content (AvgIpc) is 2.81. The van der Waals surface area contributed by atoms with Crippen molar-refractivity contribution in [2.24, 2.45) is 0 Å². The third kappa shape index (κ3) is 3.83. The number of hydrogen-bond donors (Lipinski definition) is 1. The molecule has 0 aromatic carbocycles. The van der Waals surface area contributed by atoms with Gasteiger partial charge in [-0.15, -0.1) is 11.3 Å². The van der Waals surface area contributed by atoms with E-state index < -0.39 is 0 Å². The highest BCUT2D eigenvalue weighted by molar-refractivity contribution is 7.15. The SMILES string of the molecule is COCc1nc(-c2ccncc2)sc1CNC(C)C. The summed E-state index contributed by atoms with van der Waals surface area (Å²) in [5, 5.41) is 4.45. The largest absolute Gasteiger partial charge is 0.378 e. The quantitative estimate of drug-likeness (QED) is 0.882. The van der Waals surface area contributed by atoms with Crippen LogP contribution in [0.3, 0.4) is 0 Å². The van der Waals surface area contributed by atoms with E-state index in [0.717, 1.165) is 22.8 Å². The first kappa shape index (κ1) is 14.1. The van der Waals surface area contributed by atoms with Gasteiger partial charge in [0.1, 0.15) is 5.01 Å². The Morgan fingerprint density at radius 3 is 2.68 bits per heavy atom. The molecule has 5 heteroatoms. The highest BCUT2D eigenvalue weighted by atomic mass is 32.1. The molecule has 2 aromatic heterocycles. The fraction of sp³-hybridized carbons (Fsp3) is 0.429. The minimum atomic E-state index is 0.460. The van der Waals surface area contributed by atoms with E-state index in [0.29, 0.717) is 12.6 Å². The zero-order valence-electron chi connectivity index (χ0n) is 11.5. The second-order valence-electron chi connectivity index (χ2n) is 4.59. The minimum absolute atomic E-state index is 0.460. The number of rotatable bonds is 6. The Bertz CT molecular complexity index is 511. The van der Waals surface area contributed by atoms with E-state index in [1.807, 2.05) is 12.1 Å². The molecule has 0 atom stereocenters. The van der Waals surface area contributed by atoms with Crippen molar-refractivity contribution >= 4 is 11.3 Å². The fourth-order valence-corrected chi connectivity index (χ4v) is 2.71. The Morgan fingerprint density at radius 2 is 2.05 bits per heavy atom. The molecule has 2 heterocycles. The summed E-state index contributed by atoms with van der Waals surface area (Å²) in [4.78, 5) is 9.95. The van der Waals surface area contributed by atoms with E-state index in [4.69, 9.17) is 4.74 Å². The van der Waals surface area contributed by atoms with Gasteiger partial charge in [0.05, 0.1) is 12.3 Å². The lowest BCUT2D eigenvalue weighted by molar-refractivity contribution is 0.181. The van der Waals surface area contributed by atoms with Crippen LogP contribution in [0.4, 0.5) is 0 Å². The van der Waals surface area contributed by atoms with Crippen molar-refractivity contribution in [2.75, 3.05) is 7.11 Å². The molecular formula is C14H19N3OS. The summed E-state index contributed by atoms with van der Waals surface area (Å²) in [6.45, 7) is 5.66. The third-order valence-corrected chi connectivity index (χ3v) is 3.80. The summed E-state index contributed by atoms with van der Waals surface area (Å²) in [6.07, 6.45) is 3.58. The van der Waals surface area contributed by atoms with Gasteiger partial charge in [-0.1, -0.05) is 13.8 Å². The summed E-state index contributed by atoms with van der Waals surface area (Å²) in [6, 6.07) is 4.42. The zero-order valence-corrected chi connectivity index (χ0v) is 12.3. The molecule has 0 amide bonds. The predicted molar refractivity (Wildman–Crippen MR) is 78.0 cm³/mol. The number of pyridine rings is 1. The number of methoxy groups -OCH3 is 1. The van der Waals surface area contributed by atoms with Crippen LogP contribution in [0.25, 0.3) is 10.6 Å². The molecule has 1 N–H and O–H groups in total. The first-order valence-electron chi connectivity index (χ1n) is 6.32. The Balaban J connectivity index is 2.24. The Morgan fingerprint density at radius 1 is 1.32 bits per heavy atom. The maximum atomic E-state index is 5.23. The normalized spacial score (nSPS) is 11.2. The van der Waals surface area contributed by atoms with Crippen molar-refractivity contribution in [1.29, 1.82) is 0 Å². The summed E-state index contributed by atoms with van der Waals surface area (Å²) in [5.74, 6) is 0.